The van der Waals surface area contributed by atoms with Crippen LogP contribution in [0.3, 0.4) is 0 Å². The van der Waals surface area contributed by atoms with E-state index in [1.807, 2.05) is 19.9 Å². The third-order valence-electron chi connectivity index (χ3n) is 2.72. The number of nitrogens with zero attached hydrogens (tertiary/aromatic N) is 3. The summed E-state index contributed by atoms with van der Waals surface area (Å²) in [6, 6.07) is 3.64. The first-order chi connectivity index (χ1) is 8.65. The smallest absolute Gasteiger partial charge is 0.212 e. The van der Waals surface area contributed by atoms with Gasteiger partial charge in [0.1, 0.15) is 5.15 Å². The van der Waals surface area contributed by atoms with E-state index in [1.165, 1.54) is 0 Å². The summed E-state index contributed by atoms with van der Waals surface area (Å²) in [6.45, 7) is 3.97. The maximum atomic E-state index is 6.15. The summed E-state index contributed by atoms with van der Waals surface area (Å²) in [4.78, 5) is 12.9. The number of aryl methyl sites for hydroxylation is 1. The van der Waals surface area contributed by atoms with Crippen molar-refractivity contribution in [2.45, 2.75) is 20.3 Å². The summed E-state index contributed by atoms with van der Waals surface area (Å²) in [5.74, 6) is 1.15. The fraction of sp³-hybridized carbons (Fsp3) is 0.308. The molecule has 2 heterocycles. The third-order valence-corrected chi connectivity index (χ3v) is 3.03. The summed E-state index contributed by atoms with van der Waals surface area (Å²) in [5.41, 5.74) is 2.72. The van der Waals surface area contributed by atoms with Crippen molar-refractivity contribution in [3.63, 3.8) is 0 Å². The van der Waals surface area contributed by atoms with Gasteiger partial charge in [-0.1, -0.05) is 18.5 Å². The Labute approximate surface area is 111 Å². The molecule has 0 radical (unpaired) electrons. The van der Waals surface area contributed by atoms with E-state index in [0.29, 0.717) is 16.9 Å². The Hall–Kier alpha value is -1.68. The molecule has 0 aliphatic carbocycles. The van der Waals surface area contributed by atoms with Crippen LogP contribution in [0.2, 0.25) is 5.15 Å². The Balaban J connectivity index is 2.44. The van der Waals surface area contributed by atoms with Crippen molar-refractivity contribution >= 4 is 11.6 Å². The van der Waals surface area contributed by atoms with Gasteiger partial charge in [0.2, 0.25) is 5.88 Å². The summed E-state index contributed by atoms with van der Waals surface area (Å²) in [6.07, 6.45) is 2.50. The van der Waals surface area contributed by atoms with E-state index in [2.05, 4.69) is 15.0 Å². The zero-order valence-electron chi connectivity index (χ0n) is 10.6. The largest absolute Gasteiger partial charge is 0.481 e. The van der Waals surface area contributed by atoms with E-state index in [-0.39, 0.29) is 0 Å². The number of methoxy groups -OCH3 is 1. The predicted octanol–water partition coefficient (Wildman–Crippen LogP) is 3.07. The Kier molecular flexibility index (Phi) is 3.77. The maximum absolute atomic E-state index is 6.15. The standard InChI is InChI=1S/C13H14ClN3O/c1-4-10-8(2)16-13(17-12(10)14)9-5-6-11(18-3)15-7-9/h5-7H,4H2,1-3H3. The molecule has 0 fully saturated rings. The Morgan fingerprint density at radius 2 is 2.06 bits per heavy atom. The van der Waals surface area contributed by atoms with E-state index >= 15 is 0 Å². The van der Waals surface area contributed by atoms with Gasteiger partial charge in [-0.3, -0.25) is 0 Å². The highest BCUT2D eigenvalue weighted by Crippen LogP contribution is 2.22. The highest BCUT2D eigenvalue weighted by Gasteiger charge is 2.10. The Bertz CT molecular complexity index is 532. The molecule has 4 nitrogen and oxygen atoms in total. The normalized spacial score (nSPS) is 10.4. The fourth-order valence-electron chi connectivity index (χ4n) is 1.73. The van der Waals surface area contributed by atoms with E-state index in [9.17, 15) is 0 Å². The van der Waals surface area contributed by atoms with Crippen LogP contribution >= 0.6 is 11.6 Å². The van der Waals surface area contributed by atoms with Gasteiger partial charge in [0.15, 0.2) is 5.82 Å². The topological polar surface area (TPSA) is 47.9 Å². The van der Waals surface area contributed by atoms with E-state index < -0.39 is 0 Å². The quantitative estimate of drug-likeness (QED) is 0.799. The Morgan fingerprint density at radius 3 is 2.56 bits per heavy atom. The number of aromatic nitrogens is 3. The minimum absolute atomic E-state index is 0.510. The molecule has 0 amide bonds. The van der Waals surface area contributed by atoms with Crippen molar-refractivity contribution in [3.05, 3.63) is 34.7 Å². The molecule has 2 aromatic heterocycles. The first kappa shape index (κ1) is 12.8. The molecule has 0 saturated carbocycles. The molecule has 5 heteroatoms. The van der Waals surface area contributed by atoms with Crippen LogP contribution in [0.1, 0.15) is 18.2 Å². The highest BCUT2D eigenvalue weighted by molar-refractivity contribution is 6.30. The zero-order valence-corrected chi connectivity index (χ0v) is 11.3. The number of halogens is 1. The van der Waals surface area contributed by atoms with Gasteiger partial charge in [-0.15, -0.1) is 0 Å². The molecule has 2 rings (SSSR count). The number of hydrogen-bond acceptors (Lipinski definition) is 4. The molecular formula is C13H14ClN3O. The lowest BCUT2D eigenvalue weighted by Crippen LogP contribution is -1.99. The van der Waals surface area contributed by atoms with Crippen molar-refractivity contribution in [1.82, 2.24) is 15.0 Å². The summed E-state index contributed by atoms with van der Waals surface area (Å²) >= 11 is 6.15. The second kappa shape index (κ2) is 5.31. The SMILES string of the molecule is CCc1c(C)nc(-c2ccc(OC)nc2)nc1Cl. The second-order valence-electron chi connectivity index (χ2n) is 3.84. The Morgan fingerprint density at radius 1 is 1.28 bits per heavy atom. The molecule has 0 spiro atoms. The van der Waals surface area contributed by atoms with Crippen molar-refractivity contribution in [3.8, 4) is 17.3 Å². The zero-order chi connectivity index (χ0) is 13.1. The van der Waals surface area contributed by atoms with E-state index in [0.717, 1.165) is 23.2 Å². The van der Waals surface area contributed by atoms with Crippen LogP contribution < -0.4 is 4.74 Å². The van der Waals surface area contributed by atoms with Gasteiger partial charge in [0, 0.05) is 29.1 Å². The van der Waals surface area contributed by atoms with Crippen LogP contribution in [0.15, 0.2) is 18.3 Å². The average Bonchev–Trinajstić information content (AvgIpc) is 2.38. The lowest BCUT2D eigenvalue weighted by Gasteiger charge is -2.07. The molecule has 0 unspecified atom stereocenters. The molecule has 0 N–H and O–H groups in total. The van der Waals surface area contributed by atoms with Gasteiger partial charge >= 0.3 is 0 Å². The highest BCUT2D eigenvalue weighted by atomic mass is 35.5. The van der Waals surface area contributed by atoms with Crippen molar-refractivity contribution in [2.75, 3.05) is 7.11 Å². The molecule has 94 valence electrons. The van der Waals surface area contributed by atoms with Crippen LogP contribution in [-0.4, -0.2) is 22.1 Å². The minimum atomic E-state index is 0.510. The van der Waals surface area contributed by atoms with Crippen LogP contribution in [0.4, 0.5) is 0 Å². The van der Waals surface area contributed by atoms with Crippen LogP contribution in [0, 0.1) is 6.92 Å². The first-order valence-electron chi connectivity index (χ1n) is 5.69. The van der Waals surface area contributed by atoms with Gasteiger partial charge < -0.3 is 4.74 Å². The lowest BCUT2D eigenvalue weighted by atomic mass is 10.2. The van der Waals surface area contributed by atoms with Crippen LogP contribution in [0.25, 0.3) is 11.4 Å². The molecule has 0 aliphatic heterocycles. The number of ether oxygens (including phenoxy) is 1. The summed E-state index contributed by atoms with van der Waals surface area (Å²) in [7, 11) is 1.58. The second-order valence-corrected chi connectivity index (χ2v) is 4.20. The van der Waals surface area contributed by atoms with Crippen LogP contribution in [-0.2, 0) is 6.42 Å². The monoisotopic (exact) mass is 263 g/mol. The fourth-order valence-corrected chi connectivity index (χ4v) is 2.08. The molecule has 0 saturated heterocycles. The molecule has 2 aromatic rings. The molecule has 0 aromatic carbocycles. The third kappa shape index (κ3) is 2.43. The average molecular weight is 264 g/mol. The maximum Gasteiger partial charge on any atom is 0.212 e. The molecule has 18 heavy (non-hydrogen) atoms. The number of rotatable bonds is 3. The first-order valence-corrected chi connectivity index (χ1v) is 6.07. The predicted molar refractivity (Wildman–Crippen MR) is 70.9 cm³/mol. The van der Waals surface area contributed by atoms with E-state index in [1.54, 1.807) is 19.4 Å². The van der Waals surface area contributed by atoms with Gasteiger partial charge in [-0.25, -0.2) is 15.0 Å². The van der Waals surface area contributed by atoms with Gasteiger partial charge in [-0.05, 0) is 19.4 Å². The van der Waals surface area contributed by atoms with Crippen molar-refractivity contribution < 1.29 is 4.74 Å². The summed E-state index contributed by atoms with van der Waals surface area (Å²) in [5, 5.41) is 0.510. The van der Waals surface area contributed by atoms with E-state index in [4.69, 9.17) is 16.3 Å². The lowest BCUT2D eigenvalue weighted by molar-refractivity contribution is 0.398. The number of pyridine rings is 1. The van der Waals surface area contributed by atoms with Gasteiger partial charge in [-0.2, -0.15) is 0 Å². The summed E-state index contributed by atoms with van der Waals surface area (Å²) < 4.78 is 5.01. The van der Waals surface area contributed by atoms with Crippen molar-refractivity contribution in [1.29, 1.82) is 0 Å². The molecule has 0 aliphatic rings. The van der Waals surface area contributed by atoms with Crippen molar-refractivity contribution in [2.24, 2.45) is 0 Å². The van der Waals surface area contributed by atoms with Gasteiger partial charge in [0.25, 0.3) is 0 Å². The molecular weight excluding hydrogens is 250 g/mol. The number of hydrogen-bond donors (Lipinski definition) is 0. The van der Waals surface area contributed by atoms with Gasteiger partial charge in [0.05, 0.1) is 7.11 Å². The molecule has 0 bridgehead atoms. The van der Waals surface area contributed by atoms with Crippen LogP contribution in [0.5, 0.6) is 5.88 Å². The molecule has 0 atom stereocenters. The minimum Gasteiger partial charge on any atom is -0.481 e.